The van der Waals surface area contributed by atoms with E-state index < -0.39 is 21.9 Å². The average molecular weight is 436 g/mol. The van der Waals surface area contributed by atoms with E-state index in [1.807, 2.05) is 0 Å². The Morgan fingerprint density at radius 2 is 1.70 bits per heavy atom. The zero-order chi connectivity index (χ0) is 22.5. The van der Waals surface area contributed by atoms with E-state index >= 15 is 0 Å². The highest BCUT2D eigenvalue weighted by molar-refractivity contribution is 7.92. The molecule has 3 N–H and O–H groups in total. The first-order valence-electron chi connectivity index (χ1n) is 9.29. The Balaban J connectivity index is 2.13. The number of nitrogens with one attached hydrogen (secondary N) is 3. The van der Waals surface area contributed by atoms with Crippen LogP contribution in [0.5, 0.6) is 0 Å². The number of ketones is 1. The zero-order valence-electron chi connectivity index (χ0n) is 17.3. The van der Waals surface area contributed by atoms with Gasteiger partial charge in [-0.1, -0.05) is 6.92 Å². The number of H-pyrrole nitrogens is 1. The number of carbonyl (C=O) groups is 3. The van der Waals surface area contributed by atoms with Gasteiger partial charge in [-0.3, -0.25) is 14.3 Å². The lowest BCUT2D eigenvalue weighted by Crippen LogP contribution is -2.17. The van der Waals surface area contributed by atoms with Gasteiger partial charge in [0.05, 0.1) is 30.5 Å². The van der Waals surface area contributed by atoms with Crippen molar-refractivity contribution in [3.63, 3.8) is 0 Å². The van der Waals surface area contributed by atoms with Crippen molar-refractivity contribution in [2.24, 2.45) is 0 Å². The Labute approximate surface area is 175 Å². The van der Waals surface area contributed by atoms with Gasteiger partial charge in [0.1, 0.15) is 0 Å². The van der Waals surface area contributed by atoms with Crippen LogP contribution < -0.4 is 10.0 Å². The topological polar surface area (TPSA) is 134 Å². The lowest BCUT2D eigenvalue weighted by Gasteiger charge is -2.09. The lowest BCUT2D eigenvalue weighted by molar-refractivity contribution is -0.115. The molecule has 1 aromatic carbocycles. The van der Waals surface area contributed by atoms with Crippen molar-refractivity contribution in [3.8, 4) is 0 Å². The van der Waals surface area contributed by atoms with Crippen LogP contribution >= 0.6 is 0 Å². The van der Waals surface area contributed by atoms with E-state index in [2.05, 4.69) is 15.0 Å². The minimum absolute atomic E-state index is 0.0197. The summed E-state index contributed by atoms with van der Waals surface area (Å²) in [4.78, 5) is 39.1. The Morgan fingerprint density at radius 1 is 1.10 bits per heavy atom. The molecule has 0 bridgehead atoms. The highest BCUT2D eigenvalue weighted by Crippen LogP contribution is 2.21. The summed E-state index contributed by atoms with van der Waals surface area (Å²) in [6.45, 7) is 4.74. The molecule has 0 aliphatic rings. The van der Waals surface area contributed by atoms with Crippen molar-refractivity contribution in [3.05, 3.63) is 46.8 Å². The summed E-state index contributed by atoms with van der Waals surface area (Å²) < 4.78 is 30.8. The summed E-state index contributed by atoms with van der Waals surface area (Å²) >= 11 is 0. The molecular formula is C20H25N3O6S. The maximum Gasteiger partial charge on any atom is 0.339 e. The van der Waals surface area contributed by atoms with E-state index in [-0.39, 0.29) is 34.9 Å². The summed E-state index contributed by atoms with van der Waals surface area (Å²) in [6, 6.07) is 6.19. The van der Waals surface area contributed by atoms with Crippen LogP contribution in [0.15, 0.2) is 24.3 Å². The molecule has 0 radical (unpaired) electrons. The van der Waals surface area contributed by atoms with Crippen LogP contribution in [0.4, 0.5) is 11.4 Å². The van der Waals surface area contributed by atoms with Crippen molar-refractivity contribution in [2.75, 3.05) is 22.9 Å². The maximum absolute atomic E-state index is 12.5. The smallest absolute Gasteiger partial charge is 0.339 e. The molecule has 2 rings (SSSR count). The number of methoxy groups -OCH3 is 1. The van der Waals surface area contributed by atoms with E-state index in [1.165, 1.54) is 26.2 Å². The molecule has 0 aliphatic heterocycles. The summed E-state index contributed by atoms with van der Waals surface area (Å²) in [5.74, 6) is -1.30. The van der Waals surface area contributed by atoms with Crippen LogP contribution in [0.1, 0.15) is 52.4 Å². The fraction of sp³-hybridized carbons (Fsp3) is 0.350. The number of benzene rings is 1. The van der Waals surface area contributed by atoms with Gasteiger partial charge in [-0.15, -0.1) is 0 Å². The Bertz CT molecular complexity index is 1050. The second-order valence-corrected chi connectivity index (χ2v) is 8.59. The van der Waals surface area contributed by atoms with E-state index in [4.69, 9.17) is 4.74 Å². The quantitative estimate of drug-likeness (QED) is 0.409. The van der Waals surface area contributed by atoms with Gasteiger partial charge in [-0.05, 0) is 43.2 Å². The number of rotatable bonds is 9. The van der Waals surface area contributed by atoms with Gasteiger partial charge in [0.15, 0.2) is 5.78 Å². The molecule has 0 atom stereocenters. The third-order valence-electron chi connectivity index (χ3n) is 4.32. The summed E-state index contributed by atoms with van der Waals surface area (Å²) in [5.41, 5.74) is 1.97. The molecule has 0 aliphatic carbocycles. The number of ether oxygens (including phenoxy) is 1. The van der Waals surface area contributed by atoms with Gasteiger partial charge in [0.25, 0.3) is 0 Å². The number of hydrogen-bond donors (Lipinski definition) is 3. The number of carbonyl (C=O) groups excluding carboxylic acids is 3. The van der Waals surface area contributed by atoms with Crippen molar-refractivity contribution in [2.45, 2.75) is 33.6 Å². The highest BCUT2D eigenvalue weighted by atomic mass is 32.2. The predicted molar refractivity (Wildman–Crippen MR) is 113 cm³/mol. The first-order valence-corrected chi connectivity index (χ1v) is 10.9. The molecule has 0 saturated carbocycles. The molecule has 9 nitrogen and oxygen atoms in total. The normalized spacial score (nSPS) is 11.1. The zero-order valence-corrected chi connectivity index (χ0v) is 18.1. The van der Waals surface area contributed by atoms with Gasteiger partial charge in [-0.2, -0.15) is 0 Å². The second-order valence-electron chi connectivity index (χ2n) is 6.75. The predicted octanol–water partition coefficient (Wildman–Crippen LogP) is 2.65. The van der Waals surface area contributed by atoms with Gasteiger partial charge < -0.3 is 15.0 Å². The fourth-order valence-corrected chi connectivity index (χ4v) is 4.14. The average Bonchev–Trinajstić information content (AvgIpc) is 2.98. The van der Waals surface area contributed by atoms with Crippen LogP contribution in [0.25, 0.3) is 0 Å². The Kier molecular flexibility index (Phi) is 7.38. The van der Waals surface area contributed by atoms with E-state index in [9.17, 15) is 22.8 Å². The minimum atomic E-state index is -3.40. The van der Waals surface area contributed by atoms with Crippen molar-refractivity contribution in [1.82, 2.24) is 4.98 Å². The number of amides is 1. The molecule has 0 saturated heterocycles. The SMILES string of the molecule is CCCS(=O)(=O)Nc1ccc(NC(=O)Cc2[nH]c(C(C)=O)c(C)c2C(=O)OC)cc1. The molecule has 162 valence electrons. The third-order valence-corrected chi connectivity index (χ3v) is 5.81. The van der Waals surface area contributed by atoms with Crippen LogP contribution in [0.3, 0.4) is 0 Å². The number of aromatic amines is 1. The van der Waals surface area contributed by atoms with E-state index in [1.54, 1.807) is 26.0 Å². The molecule has 0 spiro atoms. The monoisotopic (exact) mass is 435 g/mol. The number of sulfonamides is 1. The minimum Gasteiger partial charge on any atom is -0.465 e. The van der Waals surface area contributed by atoms with Crippen LogP contribution in [-0.2, 0) is 26.0 Å². The summed E-state index contributed by atoms with van der Waals surface area (Å²) in [7, 11) is -2.17. The molecule has 1 amide bonds. The molecular weight excluding hydrogens is 410 g/mol. The molecule has 10 heteroatoms. The van der Waals surface area contributed by atoms with Gasteiger partial charge in [0, 0.05) is 24.0 Å². The van der Waals surface area contributed by atoms with E-state index in [0.29, 0.717) is 23.4 Å². The van der Waals surface area contributed by atoms with Crippen molar-refractivity contribution < 1.29 is 27.5 Å². The van der Waals surface area contributed by atoms with Crippen LogP contribution in [0.2, 0.25) is 0 Å². The maximum atomic E-state index is 12.5. The summed E-state index contributed by atoms with van der Waals surface area (Å²) in [5, 5.41) is 2.67. The highest BCUT2D eigenvalue weighted by Gasteiger charge is 2.24. The molecule has 1 aromatic heterocycles. The number of aromatic nitrogens is 1. The first kappa shape index (κ1) is 23.1. The van der Waals surface area contributed by atoms with Crippen molar-refractivity contribution in [1.29, 1.82) is 0 Å². The third kappa shape index (κ3) is 5.69. The number of hydrogen-bond acceptors (Lipinski definition) is 6. The first-order chi connectivity index (χ1) is 14.1. The Hall–Kier alpha value is -3.14. The molecule has 0 unspecified atom stereocenters. The number of Topliss-reactive ketones (excluding diaryl/α,β-unsaturated/α-hetero) is 1. The lowest BCUT2D eigenvalue weighted by atomic mass is 10.1. The van der Waals surface area contributed by atoms with Gasteiger partial charge >= 0.3 is 5.97 Å². The summed E-state index contributed by atoms with van der Waals surface area (Å²) in [6.07, 6.45) is 0.323. The fourth-order valence-electron chi connectivity index (χ4n) is 3.01. The van der Waals surface area contributed by atoms with Crippen LogP contribution in [0, 0.1) is 6.92 Å². The molecule has 30 heavy (non-hydrogen) atoms. The Morgan fingerprint density at radius 3 is 2.23 bits per heavy atom. The standard InChI is InChI=1S/C20H25N3O6S/c1-5-10-30(27,28)23-15-8-6-14(7-9-15)21-17(25)11-16-18(20(26)29-4)12(2)19(22-16)13(3)24/h6-9,22-23H,5,10-11H2,1-4H3,(H,21,25). The second kappa shape index (κ2) is 9.57. The molecule has 0 fully saturated rings. The van der Waals surface area contributed by atoms with Gasteiger partial charge in [0.2, 0.25) is 15.9 Å². The largest absolute Gasteiger partial charge is 0.465 e. The number of esters is 1. The van der Waals surface area contributed by atoms with Crippen LogP contribution in [-0.4, -0.2) is 43.9 Å². The van der Waals surface area contributed by atoms with E-state index in [0.717, 1.165) is 0 Å². The van der Waals surface area contributed by atoms with Gasteiger partial charge in [-0.25, -0.2) is 13.2 Å². The number of anilines is 2. The molecule has 1 heterocycles. The molecule has 2 aromatic rings. The van der Waals surface area contributed by atoms with Crippen molar-refractivity contribution >= 4 is 39.1 Å².